The topological polar surface area (TPSA) is 51.7 Å². The quantitative estimate of drug-likeness (QED) is 0.197. The van der Waals surface area contributed by atoms with Gasteiger partial charge in [-0.05, 0) is 56.1 Å². The molecule has 5 nitrogen and oxygen atoms in total. The van der Waals surface area contributed by atoms with Crippen LogP contribution >= 0.6 is 0 Å². The summed E-state index contributed by atoms with van der Waals surface area (Å²) in [4.78, 5) is 6.42. The van der Waals surface area contributed by atoms with Gasteiger partial charge in [-0.1, -0.05) is 31.7 Å². The number of nitrogens with one attached hydrogen (secondary N) is 1. The lowest BCUT2D eigenvalue weighted by atomic mass is 9.85. The van der Waals surface area contributed by atoms with E-state index in [1.165, 1.54) is 17.0 Å². The molecule has 10 heteroatoms. The molecule has 4 rings (SSSR count). The van der Waals surface area contributed by atoms with E-state index in [0.717, 1.165) is 0 Å². The summed E-state index contributed by atoms with van der Waals surface area (Å²) in [7, 11) is 1.84. The van der Waals surface area contributed by atoms with Gasteiger partial charge in [-0.15, -0.1) is 0 Å². The minimum atomic E-state index is -4.62. The first-order chi connectivity index (χ1) is 18.9. The first-order valence-corrected chi connectivity index (χ1v) is 13.4. The standard InChI is InChI=1S/C30H36F5N3O2/c1-18(20(3)39)17-38-26(30(33,34)35)16-22-21-8-5-6-9-24(21)36-28(22)29(38)27-19(2)25(11-10-23(27)32)40-15-14-37(4)13-7-12-31/h5-6,8-11,18,26,29,36,39H,3,7,12-17H2,1-2,4H3/t18?,26-,29?/m0/s1. The van der Waals surface area contributed by atoms with E-state index in [-0.39, 0.29) is 30.9 Å². The van der Waals surface area contributed by atoms with Crippen molar-refractivity contribution in [2.45, 2.75) is 44.9 Å². The second-order valence-corrected chi connectivity index (χ2v) is 10.6. The Morgan fingerprint density at radius 1 is 1.23 bits per heavy atom. The number of alkyl halides is 4. The molecule has 0 aliphatic carbocycles. The number of para-hydroxylation sites is 1. The molecule has 0 spiro atoms. The summed E-state index contributed by atoms with van der Waals surface area (Å²) >= 11 is 0. The van der Waals surface area contributed by atoms with E-state index >= 15 is 4.39 Å². The molecule has 1 aliphatic heterocycles. The summed E-state index contributed by atoms with van der Waals surface area (Å²) in [6.45, 7) is 7.45. The fourth-order valence-electron chi connectivity index (χ4n) is 5.52. The van der Waals surface area contributed by atoms with Crippen LogP contribution in [0.1, 0.15) is 41.8 Å². The van der Waals surface area contributed by atoms with Crippen molar-refractivity contribution in [1.29, 1.82) is 0 Å². The third-order valence-electron chi connectivity index (χ3n) is 7.77. The molecular weight excluding hydrogens is 529 g/mol. The lowest BCUT2D eigenvalue weighted by molar-refractivity contribution is -0.192. The molecule has 2 heterocycles. The van der Waals surface area contributed by atoms with Gasteiger partial charge in [0.1, 0.15) is 24.2 Å². The van der Waals surface area contributed by atoms with Gasteiger partial charge in [0.15, 0.2) is 0 Å². The molecule has 0 amide bonds. The number of aromatic amines is 1. The lowest BCUT2D eigenvalue weighted by Crippen LogP contribution is -2.53. The van der Waals surface area contributed by atoms with Gasteiger partial charge in [-0.3, -0.25) is 9.29 Å². The van der Waals surface area contributed by atoms with Crippen molar-refractivity contribution in [3.05, 3.63) is 76.9 Å². The molecule has 2 N–H and O–H groups in total. The molecule has 40 heavy (non-hydrogen) atoms. The molecule has 3 atom stereocenters. The number of halogens is 5. The molecule has 218 valence electrons. The van der Waals surface area contributed by atoms with E-state index in [9.17, 15) is 22.7 Å². The zero-order valence-corrected chi connectivity index (χ0v) is 23.0. The monoisotopic (exact) mass is 565 g/mol. The molecule has 2 unspecified atom stereocenters. The summed E-state index contributed by atoms with van der Waals surface area (Å²) in [6.07, 6.45) is -4.53. The first-order valence-electron chi connectivity index (χ1n) is 13.4. The zero-order valence-electron chi connectivity index (χ0n) is 23.0. The van der Waals surface area contributed by atoms with Crippen molar-refractivity contribution >= 4 is 10.9 Å². The molecule has 0 saturated carbocycles. The molecular formula is C30H36F5N3O2. The third-order valence-corrected chi connectivity index (χ3v) is 7.77. The average Bonchev–Trinajstić information content (AvgIpc) is 3.27. The highest BCUT2D eigenvalue weighted by Crippen LogP contribution is 2.47. The number of H-pyrrole nitrogens is 1. The summed E-state index contributed by atoms with van der Waals surface area (Å²) in [5.74, 6) is -1.22. The van der Waals surface area contributed by atoms with E-state index in [1.807, 2.05) is 11.9 Å². The Morgan fingerprint density at radius 2 is 1.95 bits per heavy atom. The van der Waals surface area contributed by atoms with Crippen LogP contribution in [0.15, 0.2) is 48.7 Å². The van der Waals surface area contributed by atoms with Gasteiger partial charge >= 0.3 is 6.18 Å². The van der Waals surface area contributed by atoms with Crippen molar-refractivity contribution in [2.75, 3.05) is 40.0 Å². The highest BCUT2D eigenvalue weighted by molar-refractivity contribution is 5.85. The number of fused-ring (bicyclic) bond motifs is 3. The Balaban J connectivity index is 1.83. The molecule has 0 saturated heterocycles. The Hall–Kier alpha value is -3.11. The zero-order chi connectivity index (χ0) is 29.2. The van der Waals surface area contributed by atoms with Gasteiger partial charge in [0, 0.05) is 47.7 Å². The number of benzene rings is 2. The van der Waals surface area contributed by atoms with Gasteiger partial charge in [0.05, 0.1) is 18.5 Å². The molecule has 0 radical (unpaired) electrons. The average molecular weight is 566 g/mol. The summed E-state index contributed by atoms with van der Waals surface area (Å²) in [5, 5.41) is 10.7. The number of likely N-dealkylation sites (N-methyl/N-ethyl adjacent to an activating group) is 1. The fraction of sp³-hybridized carbons (Fsp3) is 0.467. The van der Waals surface area contributed by atoms with Crippen LogP contribution in [0.4, 0.5) is 22.0 Å². The maximum Gasteiger partial charge on any atom is 0.404 e. The number of rotatable bonds is 11. The number of hydrogen-bond donors (Lipinski definition) is 2. The van der Waals surface area contributed by atoms with E-state index in [2.05, 4.69) is 11.6 Å². The minimum absolute atomic E-state index is 0.0841. The maximum absolute atomic E-state index is 15.8. The van der Waals surface area contributed by atoms with Crippen molar-refractivity contribution in [3.63, 3.8) is 0 Å². The van der Waals surface area contributed by atoms with Crippen molar-refractivity contribution in [3.8, 4) is 5.75 Å². The SMILES string of the molecule is C=C(O)C(C)CN1C(c2c(F)ccc(OCCN(C)CCCF)c2C)c2[nH]c3ccccc3c2C[C@H]1C(F)(F)F. The Labute approximate surface area is 231 Å². The predicted molar refractivity (Wildman–Crippen MR) is 146 cm³/mol. The van der Waals surface area contributed by atoms with Crippen LogP contribution in [0.25, 0.3) is 10.9 Å². The normalized spacial score (nSPS) is 18.7. The van der Waals surface area contributed by atoms with E-state index in [4.69, 9.17) is 4.74 Å². The molecule has 2 aromatic carbocycles. The van der Waals surface area contributed by atoms with E-state index in [1.54, 1.807) is 38.1 Å². The highest BCUT2D eigenvalue weighted by Gasteiger charge is 2.51. The first kappa shape index (κ1) is 29.9. The number of ether oxygens (including phenoxy) is 1. The van der Waals surface area contributed by atoms with Crippen molar-refractivity contribution in [1.82, 2.24) is 14.8 Å². The minimum Gasteiger partial charge on any atom is -0.513 e. The van der Waals surface area contributed by atoms with Crippen LogP contribution in [-0.2, 0) is 6.42 Å². The molecule has 0 bridgehead atoms. The van der Waals surface area contributed by atoms with Crippen molar-refractivity contribution < 1.29 is 31.8 Å². The van der Waals surface area contributed by atoms with Crippen LogP contribution in [0, 0.1) is 18.7 Å². The fourth-order valence-corrected chi connectivity index (χ4v) is 5.52. The smallest absolute Gasteiger partial charge is 0.404 e. The van der Waals surface area contributed by atoms with Crippen molar-refractivity contribution in [2.24, 2.45) is 5.92 Å². The van der Waals surface area contributed by atoms with Crippen LogP contribution in [-0.4, -0.2) is 72.1 Å². The van der Waals surface area contributed by atoms with Gasteiger partial charge in [0.2, 0.25) is 0 Å². The predicted octanol–water partition coefficient (Wildman–Crippen LogP) is 6.87. The number of aromatic nitrogens is 1. The second kappa shape index (κ2) is 12.2. The largest absolute Gasteiger partial charge is 0.513 e. The Kier molecular flexibility index (Phi) is 9.09. The Morgan fingerprint density at radius 3 is 2.62 bits per heavy atom. The maximum atomic E-state index is 15.8. The molecule has 0 fully saturated rings. The molecule has 3 aromatic rings. The summed E-state index contributed by atoms with van der Waals surface area (Å²) < 4.78 is 78.2. The molecule has 1 aliphatic rings. The Bertz CT molecular complexity index is 1340. The van der Waals surface area contributed by atoms with E-state index in [0.29, 0.717) is 53.0 Å². The van der Waals surface area contributed by atoms with Gasteiger partial charge in [0.25, 0.3) is 0 Å². The highest BCUT2D eigenvalue weighted by atomic mass is 19.4. The van der Waals surface area contributed by atoms with Gasteiger partial charge in [-0.25, -0.2) is 4.39 Å². The van der Waals surface area contributed by atoms with Gasteiger partial charge < -0.3 is 19.7 Å². The summed E-state index contributed by atoms with van der Waals surface area (Å²) in [5.41, 5.74) is 2.13. The summed E-state index contributed by atoms with van der Waals surface area (Å²) in [6, 6.07) is 6.78. The lowest BCUT2D eigenvalue weighted by Gasteiger charge is -2.44. The van der Waals surface area contributed by atoms with Crippen LogP contribution < -0.4 is 4.74 Å². The molecule has 1 aromatic heterocycles. The third kappa shape index (κ3) is 6.12. The number of nitrogens with zero attached hydrogens (tertiary/aromatic N) is 2. The number of aliphatic hydroxyl groups excluding tert-OH is 1. The van der Waals surface area contributed by atoms with Crippen LogP contribution in [0.2, 0.25) is 0 Å². The van der Waals surface area contributed by atoms with Crippen LogP contribution in [0.3, 0.4) is 0 Å². The van der Waals surface area contributed by atoms with Crippen LogP contribution in [0.5, 0.6) is 5.75 Å². The van der Waals surface area contributed by atoms with E-state index < -0.39 is 36.7 Å². The number of hydrogen-bond acceptors (Lipinski definition) is 4. The second-order valence-electron chi connectivity index (χ2n) is 10.6. The van der Waals surface area contributed by atoms with Gasteiger partial charge in [-0.2, -0.15) is 13.2 Å². The number of aliphatic hydroxyl groups is 1.